The number of aromatic nitrogens is 1. The number of pyridine rings is 1. The third-order valence-electron chi connectivity index (χ3n) is 3.19. The Morgan fingerprint density at radius 3 is 3.00 bits per heavy atom. The molecule has 2 rings (SSSR count). The topological polar surface area (TPSA) is 48.4 Å². The quantitative estimate of drug-likeness (QED) is 0.772. The summed E-state index contributed by atoms with van der Waals surface area (Å²) >= 11 is 0. The van der Waals surface area contributed by atoms with E-state index in [1.807, 2.05) is 26.0 Å². The Morgan fingerprint density at radius 1 is 1.56 bits per heavy atom. The molecule has 4 heteroatoms. The van der Waals surface area contributed by atoms with Crippen LogP contribution in [0.25, 0.3) is 0 Å². The van der Waals surface area contributed by atoms with Crippen molar-refractivity contribution in [1.29, 1.82) is 0 Å². The van der Waals surface area contributed by atoms with E-state index in [2.05, 4.69) is 4.98 Å². The Balaban J connectivity index is 1.92. The molecule has 1 fully saturated rings. The molecule has 1 unspecified atom stereocenters. The summed E-state index contributed by atoms with van der Waals surface area (Å²) < 4.78 is 10.8. The number of esters is 1. The molecule has 0 bridgehead atoms. The molecule has 0 radical (unpaired) electrons. The fraction of sp³-hybridized carbons (Fsp3) is 0.571. The largest absolute Gasteiger partial charge is 0.466 e. The van der Waals surface area contributed by atoms with E-state index in [1.165, 1.54) is 0 Å². The van der Waals surface area contributed by atoms with Crippen molar-refractivity contribution in [2.75, 3.05) is 13.2 Å². The molecule has 1 aliphatic rings. The smallest absolute Gasteiger partial charge is 0.311 e. The molecule has 0 N–H and O–H groups in total. The van der Waals surface area contributed by atoms with Gasteiger partial charge in [-0.05, 0) is 44.4 Å². The summed E-state index contributed by atoms with van der Waals surface area (Å²) in [5, 5.41) is 0. The summed E-state index contributed by atoms with van der Waals surface area (Å²) in [5.41, 5.74) is 2.13. The van der Waals surface area contributed by atoms with Gasteiger partial charge in [-0.25, -0.2) is 0 Å². The van der Waals surface area contributed by atoms with Gasteiger partial charge in [-0.1, -0.05) is 0 Å². The van der Waals surface area contributed by atoms with Crippen LogP contribution in [0.5, 0.6) is 0 Å². The first-order valence-corrected chi connectivity index (χ1v) is 6.41. The van der Waals surface area contributed by atoms with Gasteiger partial charge in [-0.15, -0.1) is 0 Å². The number of carbonyl (C=O) groups is 1. The normalized spacial score (nSPS) is 23.7. The van der Waals surface area contributed by atoms with Gasteiger partial charge >= 0.3 is 5.97 Å². The molecule has 0 spiro atoms. The maximum Gasteiger partial charge on any atom is 0.311 e. The minimum absolute atomic E-state index is 0.0809. The lowest BCUT2D eigenvalue weighted by Crippen LogP contribution is -2.28. The number of ether oxygens (including phenoxy) is 2. The van der Waals surface area contributed by atoms with E-state index >= 15 is 0 Å². The van der Waals surface area contributed by atoms with E-state index in [4.69, 9.17) is 9.47 Å². The molecule has 1 aromatic rings. The van der Waals surface area contributed by atoms with E-state index in [1.54, 1.807) is 6.20 Å². The second-order valence-corrected chi connectivity index (χ2v) is 4.58. The monoisotopic (exact) mass is 249 g/mol. The van der Waals surface area contributed by atoms with Crippen molar-refractivity contribution in [1.82, 2.24) is 4.98 Å². The Bertz CT molecular complexity index is 411. The van der Waals surface area contributed by atoms with Crippen LogP contribution in [0.15, 0.2) is 18.3 Å². The lowest BCUT2D eigenvalue weighted by Gasteiger charge is -2.28. The van der Waals surface area contributed by atoms with Crippen molar-refractivity contribution < 1.29 is 14.3 Å². The van der Waals surface area contributed by atoms with Gasteiger partial charge in [0, 0.05) is 11.9 Å². The maximum absolute atomic E-state index is 11.6. The zero-order valence-electron chi connectivity index (χ0n) is 10.9. The molecule has 1 aliphatic heterocycles. The number of aryl methyl sites for hydroxylation is 1. The second-order valence-electron chi connectivity index (χ2n) is 4.58. The van der Waals surface area contributed by atoms with Gasteiger partial charge in [0.15, 0.2) is 0 Å². The van der Waals surface area contributed by atoms with Crippen LogP contribution < -0.4 is 0 Å². The van der Waals surface area contributed by atoms with E-state index < -0.39 is 0 Å². The van der Waals surface area contributed by atoms with Crippen LogP contribution in [-0.4, -0.2) is 24.2 Å². The predicted octanol–water partition coefficient (Wildman–Crippen LogP) is 2.42. The van der Waals surface area contributed by atoms with Crippen molar-refractivity contribution >= 4 is 5.97 Å². The highest BCUT2D eigenvalue weighted by atomic mass is 16.5. The van der Waals surface area contributed by atoms with Crippen LogP contribution in [-0.2, 0) is 14.3 Å². The van der Waals surface area contributed by atoms with Crippen molar-refractivity contribution in [2.24, 2.45) is 5.92 Å². The van der Waals surface area contributed by atoms with Crippen molar-refractivity contribution in [2.45, 2.75) is 32.8 Å². The highest BCUT2D eigenvalue weighted by Gasteiger charge is 2.28. The van der Waals surface area contributed by atoms with Crippen molar-refractivity contribution in [3.8, 4) is 0 Å². The van der Waals surface area contributed by atoms with E-state index in [-0.39, 0.29) is 18.0 Å². The maximum atomic E-state index is 11.6. The third-order valence-corrected chi connectivity index (χ3v) is 3.19. The fourth-order valence-corrected chi connectivity index (χ4v) is 2.23. The summed E-state index contributed by atoms with van der Waals surface area (Å²) in [6, 6.07) is 4.01. The number of hydrogen-bond donors (Lipinski definition) is 0. The van der Waals surface area contributed by atoms with E-state index in [0.717, 1.165) is 24.1 Å². The summed E-state index contributed by atoms with van der Waals surface area (Å²) in [6.07, 6.45) is 3.56. The first kappa shape index (κ1) is 13.0. The average molecular weight is 249 g/mol. The van der Waals surface area contributed by atoms with Gasteiger partial charge in [-0.3, -0.25) is 9.78 Å². The molecule has 0 saturated carbocycles. The van der Waals surface area contributed by atoms with Crippen LogP contribution in [0.3, 0.4) is 0 Å². The lowest BCUT2D eigenvalue weighted by molar-refractivity contribution is -0.154. The predicted molar refractivity (Wildman–Crippen MR) is 67.0 cm³/mol. The SMILES string of the molecule is CCOC(=O)C1CC[C@@H](c2ccnc(C)c2)OC1. The van der Waals surface area contributed by atoms with Crippen molar-refractivity contribution in [3.05, 3.63) is 29.6 Å². The number of nitrogens with zero attached hydrogens (tertiary/aromatic N) is 1. The highest BCUT2D eigenvalue weighted by Crippen LogP contribution is 2.31. The van der Waals surface area contributed by atoms with E-state index in [9.17, 15) is 4.79 Å². The average Bonchev–Trinajstić information content (AvgIpc) is 2.39. The molecule has 1 saturated heterocycles. The Kier molecular flexibility index (Phi) is 4.31. The first-order valence-electron chi connectivity index (χ1n) is 6.41. The first-order chi connectivity index (χ1) is 8.70. The lowest BCUT2D eigenvalue weighted by atomic mass is 9.95. The standard InChI is InChI=1S/C14H19NO3/c1-3-17-14(16)12-4-5-13(18-9-12)11-6-7-15-10(2)8-11/h6-8,12-13H,3-5,9H2,1-2H3/t12?,13-/m0/s1. The zero-order valence-corrected chi connectivity index (χ0v) is 10.9. The minimum Gasteiger partial charge on any atom is -0.466 e. The van der Waals surface area contributed by atoms with Gasteiger partial charge in [0.05, 0.1) is 25.2 Å². The molecule has 2 atom stereocenters. The van der Waals surface area contributed by atoms with Gasteiger partial charge in [-0.2, -0.15) is 0 Å². The molecule has 0 aliphatic carbocycles. The minimum atomic E-state index is -0.137. The molecule has 18 heavy (non-hydrogen) atoms. The third kappa shape index (κ3) is 3.07. The van der Waals surface area contributed by atoms with Crippen LogP contribution in [0.4, 0.5) is 0 Å². The molecule has 4 nitrogen and oxygen atoms in total. The number of hydrogen-bond acceptors (Lipinski definition) is 4. The summed E-state index contributed by atoms with van der Waals surface area (Å²) in [6.45, 7) is 4.67. The van der Waals surface area contributed by atoms with Crippen LogP contribution in [0.2, 0.25) is 0 Å². The molecular formula is C14H19NO3. The van der Waals surface area contributed by atoms with Gasteiger partial charge in [0.2, 0.25) is 0 Å². The van der Waals surface area contributed by atoms with E-state index in [0.29, 0.717) is 13.2 Å². The van der Waals surface area contributed by atoms with Gasteiger partial charge < -0.3 is 9.47 Å². The van der Waals surface area contributed by atoms with Gasteiger partial charge in [0.1, 0.15) is 0 Å². The van der Waals surface area contributed by atoms with Crippen LogP contribution >= 0.6 is 0 Å². The summed E-state index contributed by atoms with van der Waals surface area (Å²) in [4.78, 5) is 15.8. The van der Waals surface area contributed by atoms with Crippen molar-refractivity contribution in [3.63, 3.8) is 0 Å². The highest BCUT2D eigenvalue weighted by molar-refractivity contribution is 5.72. The molecule has 1 aromatic heterocycles. The molecule has 0 amide bonds. The van der Waals surface area contributed by atoms with Crippen LogP contribution in [0, 0.1) is 12.8 Å². The zero-order chi connectivity index (χ0) is 13.0. The molecular weight excluding hydrogens is 230 g/mol. The molecule has 0 aromatic carbocycles. The second kappa shape index (κ2) is 5.96. The molecule has 98 valence electrons. The summed E-state index contributed by atoms with van der Waals surface area (Å²) in [7, 11) is 0. The van der Waals surface area contributed by atoms with Gasteiger partial charge in [0.25, 0.3) is 0 Å². The Morgan fingerprint density at radius 2 is 2.39 bits per heavy atom. The number of rotatable bonds is 3. The van der Waals surface area contributed by atoms with Crippen LogP contribution in [0.1, 0.15) is 37.1 Å². The number of carbonyl (C=O) groups excluding carboxylic acids is 1. The Labute approximate surface area is 107 Å². The molecule has 2 heterocycles. The summed E-state index contributed by atoms with van der Waals surface area (Å²) in [5.74, 6) is -0.244. The Hall–Kier alpha value is -1.42. The fourth-order valence-electron chi connectivity index (χ4n) is 2.23.